The fourth-order valence-corrected chi connectivity index (χ4v) is 1.58. The van der Waals surface area contributed by atoms with Crippen LogP contribution in [0.2, 0.25) is 5.02 Å². The van der Waals surface area contributed by atoms with Crippen molar-refractivity contribution >= 4 is 24.2 Å². The van der Waals surface area contributed by atoms with Crippen LogP contribution < -0.4 is 5.46 Å². The molecule has 0 aliphatic heterocycles. The van der Waals surface area contributed by atoms with Crippen LogP contribution in [0.25, 0.3) is 0 Å². The average molecular weight is 287 g/mol. The van der Waals surface area contributed by atoms with Gasteiger partial charge in [-0.05, 0) is 39.3 Å². The van der Waals surface area contributed by atoms with Gasteiger partial charge in [0.15, 0.2) is 0 Å². The Morgan fingerprint density at radius 2 is 1.84 bits per heavy atom. The van der Waals surface area contributed by atoms with Gasteiger partial charge in [0.1, 0.15) is 0 Å². The summed E-state index contributed by atoms with van der Waals surface area (Å²) in [6.45, 7) is 6.42. The Morgan fingerprint density at radius 1 is 1.26 bits per heavy atom. The van der Waals surface area contributed by atoms with E-state index in [1.165, 1.54) is 0 Å². The maximum Gasteiger partial charge on any atom is 0.493 e. The lowest BCUT2D eigenvalue weighted by Crippen LogP contribution is -2.53. The van der Waals surface area contributed by atoms with Crippen molar-refractivity contribution in [3.8, 4) is 0 Å². The van der Waals surface area contributed by atoms with Crippen molar-refractivity contribution in [2.45, 2.75) is 45.5 Å². The summed E-state index contributed by atoms with van der Waals surface area (Å²) < 4.78 is 5.51. The summed E-state index contributed by atoms with van der Waals surface area (Å²) >= 11 is 6.01. The molecule has 19 heavy (non-hydrogen) atoms. The Labute approximate surface area is 119 Å². The predicted molar refractivity (Wildman–Crippen MR) is 76.4 cm³/mol. The summed E-state index contributed by atoms with van der Waals surface area (Å²) in [5.41, 5.74) is -1.10. The van der Waals surface area contributed by atoms with Gasteiger partial charge in [-0.25, -0.2) is 0 Å². The fourth-order valence-electron chi connectivity index (χ4n) is 1.37. The van der Waals surface area contributed by atoms with Crippen LogP contribution in [0.5, 0.6) is 0 Å². The highest BCUT2D eigenvalue weighted by atomic mass is 35.5. The molecule has 0 radical (unpaired) electrons. The molecule has 0 bridgehead atoms. The highest BCUT2D eigenvalue weighted by Crippen LogP contribution is 2.25. The van der Waals surface area contributed by atoms with E-state index in [1.54, 1.807) is 45.9 Å². The van der Waals surface area contributed by atoms with Gasteiger partial charge in [0.2, 0.25) is 0 Å². The summed E-state index contributed by atoms with van der Waals surface area (Å²) in [6.07, 6.45) is 0. The van der Waals surface area contributed by atoms with E-state index in [9.17, 15) is 10.1 Å². The number of aliphatic hydroxyl groups excluding tert-OH is 1. The lowest BCUT2D eigenvalue weighted by Gasteiger charge is -2.38. The summed E-state index contributed by atoms with van der Waals surface area (Å²) in [5.74, 6) is 0. The molecule has 0 saturated carbocycles. The van der Waals surface area contributed by atoms with Crippen LogP contribution in [0.3, 0.4) is 0 Å². The van der Waals surface area contributed by atoms with Crippen molar-refractivity contribution in [3.63, 3.8) is 0 Å². The summed E-state index contributed by atoms with van der Waals surface area (Å²) in [5, 5.41) is 29.6. The van der Waals surface area contributed by atoms with E-state index >= 15 is 0 Å². The van der Waals surface area contributed by atoms with Gasteiger partial charge in [0.05, 0.1) is 17.8 Å². The molecule has 0 atom stereocenters. The van der Waals surface area contributed by atoms with E-state index < -0.39 is 18.3 Å². The first-order valence-electron chi connectivity index (χ1n) is 6.06. The minimum atomic E-state index is -1.28. The van der Waals surface area contributed by atoms with Crippen molar-refractivity contribution in [1.82, 2.24) is 0 Å². The number of hydrogen-bond acceptors (Lipinski definition) is 4. The molecule has 4 nitrogen and oxygen atoms in total. The Kier molecular flexibility index (Phi) is 5.04. The van der Waals surface area contributed by atoms with E-state index in [4.69, 9.17) is 21.4 Å². The number of benzene rings is 1. The van der Waals surface area contributed by atoms with Crippen LogP contribution in [0.15, 0.2) is 18.2 Å². The second kappa shape index (κ2) is 5.81. The van der Waals surface area contributed by atoms with Gasteiger partial charge in [0.25, 0.3) is 0 Å². The number of hydrogen-bond donors (Lipinski definition) is 3. The quantitative estimate of drug-likeness (QED) is 0.709. The molecule has 106 valence electrons. The molecule has 0 aliphatic rings. The second-order valence-corrected chi connectivity index (χ2v) is 5.96. The molecule has 1 aromatic rings. The lowest BCUT2D eigenvalue weighted by molar-refractivity contribution is -0.0982. The normalized spacial score (nSPS) is 12.6. The topological polar surface area (TPSA) is 69.9 Å². The van der Waals surface area contributed by atoms with E-state index in [0.717, 1.165) is 0 Å². The zero-order valence-corrected chi connectivity index (χ0v) is 12.4. The van der Waals surface area contributed by atoms with Gasteiger partial charge in [-0.2, -0.15) is 0 Å². The number of aliphatic hydroxyl groups is 2. The number of rotatable bonds is 5. The van der Waals surface area contributed by atoms with E-state index in [0.29, 0.717) is 16.0 Å². The molecule has 0 heterocycles. The van der Waals surface area contributed by atoms with Gasteiger partial charge >= 0.3 is 7.12 Å². The van der Waals surface area contributed by atoms with Crippen LogP contribution >= 0.6 is 11.6 Å². The Hall–Kier alpha value is -0.585. The highest BCUT2D eigenvalue weighted by Gasteiger charge is 2.40. The third kappa shape index (κ3) is 3.94. The van der Waals surface area contributed by atoms with Gasteiger partial charge in [0, 0.05) is 10.5 Å². The van der Waals surface area contributed by atoms with Crippen LogP contribution in [0.4, 0.5) is 0 Å². The van der Waals surface area contributed by atoms with Crippen LogP contribution in [-0.2, 0) is 11.3 Å². The molecular weight excluding hydrogens is 266 g/mol. The van der Waals surface area contributed by atoms with Gasteiger partial charge in [-0.15, -0.1) is 0 Å². The molecule has 0 aliphatic carbocycles. The van der Waals surface area contributed by atoms with Crippen molar-refractivity contribution in [2.24, 2.45) is 0 Å². The maximum absolute atomic E-state index is 10.1. The maximum atomic E-state index is 10.1. The third-order valence-corrected chi connectivity index (χ3v) is 3.73. The van der Waals surface area contributed by atoms with Crippen LogP contribution in [0, 0.1) is 0 Å². The molecular formula is C13H20BClO4. The smallest absolute Gasteiger partial charge is 0.423 e. The fraction of sp³-hybridized carbons (Fsp3) is 0.538. The Morgan fingerprint density at radius 3 is 2.32 bits per heavy atom. The predicted octanol–water partition coefficient (Wildman–Crippen LogP) is 1.09. The van der Waals surface area contributed by atoms with Crippen molar-refractivity contribution < 1.29 is 19.9 Å². The third-order valence-electron chi connectivity index (χ3n) is 3.39. The minimum Gasteiger partial charge on any atom is -0.423 e. The summed E-state index contributed by atoms with van der Waals surface area (Å²) in [7, 11) is -1.28. The van der Waals surface area contributed by atoms with Gasteiger partial charge in [-0.1, -0.05) is 23.7 Å². The van der Waals surface area contributed by atoms with Crippen molar-refractivity contribution in [3.05, 3.63) is 28.8 Å². The molecule has 0 fully saturated rings. The second-order valence-electron chi connectivity index (χ2n) is 5.55. The Balaban J connectivity index is 2.98. The molecule has 1 aromatic carbocycles. The molecule has 1 rings (SSSR count). The molecule has 6 heteroatoms. The van der Waals surface area contributed by atoms with E-state index in [-0.39, 0.29) is 6.61 Å². The van der Waals surface area contributed by atoms with E-state index in [2.05, 4.69) is 0 Å². The van der Waals surface area contributed by atoms with Gasteiger partial charge < -0.3 is 19.9 Å². The first-order chi connectivity index (χ1) is 8.58. The Bertz CT molecular complexity index is 443. The monoisotopic (exact) mass is 286 g/mol. The first kappa shape index (κ1) is 16.5. The minimum absolute atomic E-state index is 0.147. The zero-order chi connectivity index (χ0) is 14.8. The SMILES string of the molecule is CC(C)(O)C(C)(C)OB(O)c1cc(CO)ccc1Cl. The van der Waals surface area contributed by atoms with Crippen molar-refractivity contribution in [1.29, 1.82) is 0 Å². The first-order valence-corrected chi connectivity index (χ1v) is 6.44. The molecule has 3 N–H and O–H groups in total. The lowest BCUT2D eigenvalue weighted by atomic mass is 9.76. The van der Waals surface area contributed by atoms with Crippen LogP contribution in [-0.4, -0.2) is 33.6 Å². The molecule has 0 unspecified atom stereocenters. The molecule has 0 spiro atoms. The van der Waals surface area contributed by atoms with Gasteiger partial charge in [-0.3, -0.25) is 0 Å². The van der Waals surface area contributed by atoms with E-state index in [1.807, 2.05) is 0 Å². The average Bonchev–Trinajstić information content (AvgIpc) is 2.27. The summed E-state index contributed by atoms with van der Waals surface area (Å²) in [4.78, 5) is 0. The molecule has 0 saturated heterocycles. The largest absolute Gasteiger partial charge is 0.493 e. The standard InChI is InChI=1S/C13H20BClO4/c1-12(2,17)13(3,4)19-14(18)10-7-9(8-16)5-6-11(10)15/h5-7,16-18H,8H2,1-4H3. The zero-order valence-electron chi connectivity index (χ0n) is 11.6. The molecule has 0 aromatic heterocycles. The molecule has 0 amide bonds. The van der Waals surface area contributed by atoms with Crippen LogP contribution in [0.1, 0.15) is 33.3 Å². The van der Waals surface area contributed by atoms with Crippen molar-refractivity contribution in [2.75, 3.05) is 0 Å². The summed E-state index contributed by atoms with van der Waals surface area (Å²) in [6, 6.07) is 4.83. The number of halogens is 1. The highest BCUT2D eigenvalue weighted by molar-refractivity contribution is 6.64.